The highest BCUT2D eigenvalue weighted by Crippen LogP contribution is 2.52. The number of rotatable bonds is 8. The minimum atomic E-state index is -2.09. The van der Waals surface area contributed by atoms with Crippen molar-refractivity contribution >= 4 is 35.3 Å². The third kappa shape index (κ3) is 5.22. The van der Waals surface area contributed by atoms with Crippen LogP contribution in [-0.2, 0) is 30.3 Å². The molecule has 4 rings (SSSR count). The number of likely N-dealkylation sites (N-methyl/N-ethyl adjacent to an activating group) is 1. The minimum absolute atomic E-state index is 0.0217. The molecule has 3 aliphatic carbocycles. The molecule has 0 heterocycles. The maximum atomic E-state index is 13.8. The van der Waals surface area contributed by atoms with E-state index in [4.69, 9.17) is 10.5 Å². The van der Waals surface area contributed by atoms with Crippen LogP contribution in [0, 0.1) is 29.6 Å². The molecule has 0 radical (unpaired) electrons. The van der Waals surface area contributed by atoms with Crippen molar-refractivity contribution in [3.8, 4) is 5.75 Å². The molecule has 1 aromatic rings. The van der Waals surface area contributed by atoms with E-state index in [1.165, 1.54) is 18.2 Å². The molecular formula is C30H38N2O8. The van der Waals surface area contributed by atoms with Crippen molar-refractivity contribution in [3.05, 3.63) is 34.9 Å². The molecule has 1 aromatic carbocycles. The largest absolute Gasteiger partial charge is 0.507 e. The molecule has 40 heavy (non-hydrogen) atoms. The third-order valence-corrected chi connectivity index (χ3v) is 8.67. The van der Waals surface area contributed by atoms with E-state index < -0.39 is 71.0 Å². The molecule has 0 aliphatic heterocycles. The summed E-state index contributed by atoms with van der Waals surface area (Å²) in [4.78, 5) is 66.7. The van der Waals surface area contributed by atoms with Crippen LogP contribution in [0.4, 0.5) is 0 Å². The average molecular weight is 555 g/mol. The predicted molar refractivity (Wildman–Crippen MR) is 145 cm³/mol. The van der Waals surface area contributed by atoms with Gasteiger partial charge in [-0.3, -0.25) is 24.1 Å². The first-order valence-electron chi connectivity index (χ1n) is 13.8. The zero-order valence-corrected chi connectivity index (χ0v) is 23.4. The van der Waals surface area contributed by atoms with Gasteiger partial charge < -0.3 is 20.7 Å². The van der Waals surface area contributed by atoms with Crippen LogP contribution in [0.5, 0.6) is 5.75 Å². The second-order valence-corrected chi connectivity index (χ2v) is 12.0. The number of amides is 1. The van der Waals surface area contributed by atoms with Crippen LogP contribution in [0.1, 0.15) is 61.0 Å². The Kier molecular flexibility index (Phi) is 8.33. The Morgan fingerprint density at radius 2 is 1.93 bits per heavy atom. The summed E-state index contributed by atoms with van der Waals surface area (Å²) < 4.78 is 5.26. The van der Waals surface area contributed by atoms with Gasteiger partial charge in [0.25, 0.3) is 0 Å². The van der Waals surface area contributed by atoms with Crippen LogP contribution in [0.2, 0.25) is 0 Å². The van der Waals surface area contributed by atoms with E-state index in [0.717, 1.165) is 12.8 Å². The lowest BCUT2D eigenvalue weighted by molar-refractivity contribution is -0.176. The fourth-order valence-corrected chi connectivity index (χ4v) is 6.76. The number of primary amides is 1. The van der Waals surface area contributed by atoms with E-state index in [9.17, 15) is 34.2 Å². The maximum absolute atomic E-state index is 13.8. The van der Waals surface area contributed by atoms with E-state index in [-0.39, 0.29) is 24.2 Å². The molecule has 0 aromatic heterocycles. The topological polar surface area (TPSA) is 164 Å². The van der Waals surface area contributed by atoms with Gasteiger partial charge in [-0.05, 0) is 74.9 Å². The molecule has 0 spiro atoms. The molecule has 2 fully saturated rings. The van der Waals surface area contributed by atoms with Gasteiger partial charge in [-0.15, -0.1) is 0 Å². The lowest BCUT2D eigenvalue weighted by Gasteiger charge is -2.53. The highest BCUT2D eigenvalue weighted by molar-refractivity contribution is 6.17. The summed E-state index contributed by atoms with van der Waals surface area (Å²) in [6, 6.07) is 1.99. The standard InChI is InChI=1S/C30H38N2O8/c1-15(2)6-5-11-40-22(34)10-8-16-7-9-21(33)24-18(16)12-17-13-20-25(32(3)4)26(35)19(29(31)38)14-30(20,39)28(37)23(17)27(24)36/h7-10,15,17,19-20,23,25,33,39H,5-6,11-14H2,1-4H3,(H2,31,38)/b10-8+. The van der Waals surface area contributed by atoms with Gasteiger partial charge >= 0.3 is 5.97 Å². The van der Waals surface area contributed by atoms with Crippen molar-refractivity contribution in [1.82, 2.24) is 4.90 Å². The summed E-state index contributed by atoms with van der Waals surface area (Å²) in [5, 5.41) is 22.3. The lowest BCUT2D eigenvalue weighted by atomic mass is 9.52. The number of benzene rings is 1. The smallest absolute Gasteiger partial charge is 0.330 e. The zero-order valence-electron chi connectivity index (χ0n) is 23.4. The zero-order chi connectivity index (χ0) is 29.5. The first-order chi connectivity index (χ1) is 18.8. The van der Waals surface area contributed by atoms with Crippen molar-refractivity contribution in [2.45, 2.75) is 57.6 Å². The molecule has 10 heteroatoms. The van der Waals surface area contributed by atoms with Crippen LogP contribution in [0.3, 0.4) is 0 Å². The maximum Gasteiger partial charge on any atom is 0.330 e. The molecule has 0 bridgehead atoms. The SMILES string of the molecule is CC(C)CCCOC(=O)/C=C/c1ccc(O)c2c1CC1CC3C(N(C)C)C(=O)C(C(N)=O)CC3(O)C(=O)C1C2=O. The van der Waals surface area contributed by atoms with E-state index in [1.54, 1.807) is 25.1 Å². The predicted octanol–water partition coefficient (Wildman–Crippen LogP) is 1.68. The van der Waals surface area contributed by atoms with Gasteiger partial charge in [0, 0.05) is 18.4 Å². The molecule has 10 nitrogen and oxygen atoms in total. The van der Waals surface area contributed by atoms with Crippen LogP contribution in [-0.4, -0.2) is 76.7 Å². The van der Waals surface area contributed by atoms with Gasteiger partial charge in [-0.2, -0.15) is 0 Å². The summed E-state index contributed by atoms with van der Waals surface area (Å²) in [6.45, 7) is 4.48. The number of nitrogens with two attached hydrogens (primary N) is 1. The number of phenols is 1. The molecule has 0 saturated heterocycles. The first kappa shape index (κ1) is 29.6. The number of carbonyl (C=O) groups is 5. The van der Waals surface area contributed by atoms with Gasteiger partial charge in [0.05, 0.1) is 24.1 Å². The number of aliphatic hydroxyl groups is 1. The van der Waals surface area contributed by atoms with Crippen molar-refractivity contribution in [3.63, 3.8) is 0 Å². The van der Waals surface area contributed by atoms with Crippen LogP contribution in [0.25, 0.3) is 6.08 Å². The van der Waals surface area contributed by atoms with Gasteiger partial charge in [-0.25, -0.2) is 4.79 Å². The number of hydrogen-bond acceptors (Lipinski definition) is 9. The highest BCUT2D eigenvalue weighted by atomic mass is 16.5. The highest BCUT2D eigenvalue weighted by Gasteiger charge is 2.64. The molecule has 216 valence electrons. The molecule has 6 atom stereocenters. The number of esters is 1. The fourth-order valence-electron chi connectivity index (χ4n) is 6.76. The van der Waals surface area contributed by atoms with Crippen molar-refractivity contribution in [2.75, 3.05) is 20.7 Å². The average Bonchev–Trinajstić information content (AvgIpc) is 2.86. The number of ketones is 3. The molecule has 6 unspecified atom stereocenters. The minimum Gasteiger partial charge on any atom is -0.507 e. The van der Waals surface area contributed by atoms with E-state index in [1.807, 2.05) is 0 Å². The lowest BCUT2D eigenvalue weighted by Crippen LogP contribution is -2.69. The Hall–Kier alpha value is -3.37. The van der Waals surface area contributed by atoms with E-state index in [0.29, 0.717) is 23.7 Å². The molecular weight excluding hydrogens is 516 g/mol. The Balaban J connectivity index is 1.65. The summed E-state index contributed by atoms with van der Waals surface area (Å²) in [7, 11) is 3.26. The Morgan fingerprint density at radius 3 is 2.55 bits per heavy atom. The molecule has 1 amide bonds. The number of fused-ring (bicyclic) bond motifs is 3. The summed E-state index contributed by atoms with van der Waals surface area (Å²) in [5.41, 5.74) is 4.37. The van der Waals surface area contributed by atoms with Crippen molar-refractivity contribution in [1.29, 1.82) is 0 Å². The van der Waals surface area contributed by atoms with Crippen LogP contribution in [0.15, 0.2) is 18.2 Å². The Labute approximate surface area is 233 Å². The molecule has 2 saturated carbocycles. The van der Waals surface area contributed by atoms with Crippen LogP contribution < -0.4 is 5.73 Å². The van der Waals surface area contributed by atoms with E-state index >= 15 is 0 Å². The number of carbonyl (C=O) groups excluding carboxylic acids is 5. The Bertz CT molecular complexity index is 1270. The summed E-state index contributed by atoms with van der Waals surface area (Å²) >= 11 is 0. The number of hydrogen-bond donors (Lipinski definition) is 3. The first-order valence-corrected chi connectivity index (χ1v) is 13.8. The normalized spacial score (nSPS) is 29.9. The second-order valence-electron chi connectivity index (χ2n) is 12.0. The number of phenolic OH excluding ortho intramolecular Hbond substituents is 1. The third-order valence-electron chi connectivity index (χ3n) is 8.67. The molecule has 3 aliphatic rings. The number of Topliss-reactive ketones (excluding diaryl/α,β-unsaturated/α-hetero) is 3. The monoisotopic (exact) mass is 554 g/mol. The van der Waals surface area contributed by atoms with Gasteiger partial charge in [0.1, 0.15) is 17.3 Å². The number of aromatic hydroxyl groups is 1. The fraction of sp³-hybridized carbons (Fsp3) is 0.567. The number of nitrogens with zero attached hydrogens (tertiary/aromatic N) is 1. The summed E-state index contributed by atoms with van der Waals surface area (Å²) in [6.07, 6.45) is 4.42. The Morgan fingerprint density at radius 1 is 1.23 bits per heavy atom. The number of ether oxygens (including phenoxy) is 1. The second kappa shape index (κ2) is 11.2. The van der Waals surface area contributed by atoms with Gasteiger partial charge in [-0.1, -0.05) is 19.9 Å². The van der Waals surface area contributed by atoms with Crippen LogP contribution >= 0.6 is 0 Å². The van der Waals surface area contributed by atoms with Crippen molar-refractivity contribution < 1.29 is 38.9 Å². The van der Waals surface area contributed by atoms with E-state index in [2.05, 4.69) is 13.8 Å². The van der Waals surface area contributed by atoms with Gasteiger partial charge in [0.15, 0.2) is 17.3 Å². The quantitative estimate of drug-likeness (QED) is 0.188. The van der Waals surface area contributed by atoms with Crippen molar-refractivity contribution in [2.24, 2.45) is 35.3 Å². The summed E-state index contributed by atoms with van der Waals surface area (Å²) in [5.74, 6) is -7.05. The molecule has 4 N–H and O–H groups in total. The van der Waals surface area contributed by atoms with Gasteiger partial charge in [0.2, 0.25) is 5.91 Å².